The van der Waals surface area contributed by atoms with Crippen LogP contribution in [-0.4, -0.2) is 23.3 Å². The number of aliphatic hydroxyl groups excluding tert-OH is 1. The summed E-state index contributed by atoms with van der Waals surface area (Å²) in [5.74, 6) is 0. The molecule has 0 aliphatic heterocycles. The average Bonchev–Trinajstić information content (AvgIpc) is 2.47. The van der Waals surface area contributed by atoms with E-state index < -0.39 is 5.54 Å². The van der Waals surface area contributed by atoms with E-state index >= 15 is 0 Å². The summed E-state index contributed by atoms with van der Waals surface area (Å²) < 4.78 is 0. The summed E-state index contributed by atoms with van der Waals surface area (Å²) in [4.78, 5) is 11.9. The Hall–Kier alpha value is -1.55. The van der Waals surface area contributed by atoms with Crippen LogP contribution in [0.5, 0.6) is 0 Å². The van der Waals surface area contributed by atoms with E-state index in [0.717, 1.165) is 31.2 Å². The van der Waals surface area contributed by atoms with Gasteiger partial charge in [-0.3, -0.25) is 0 Å². The molecule has 0 saturated heterocycles. The largest absolute Gasteiger partial charge is 0.394 e. The van der Waals surface area contributed by atoms with E-state index in [-0.39, 0.29) is 12.6 Å². The van der Waals surface area contributed by atoms with Gasteiger partial charge >= 0.3 is 6.03 Å². The summed E-state index contributed by atoms with van der Waals surface area (Å²) in [6.07, 6.45) is 5.05. The van der Waals surface area contributed by atoms with Crippen LogP contribution in [0.4, 0.5) is 4.79 Å². The lowest BCUT2D eigenvalue weighted by molar-refractivity contribution is 0.125. The lowest BCUT2D eigenvalue weighted by Gasteiger charge is -2.36. The van der Waals surface area contributed by atoms with E-state index in [2.05, 4.69) is 10.6 Å². The lowest BCUT2D eigenvalue weighted by Crippen LogP contribution is -2.55. The van der Waals surface area contributed by atoms with Crippen LogP contribution in [0, 0.1) is 0 Å². The molecule has 2 amide bonds. The van der Waals surface area contributed by atoms with Crippen molar-refractivity contribution in [2.75, 3.05) is 6.61 Å². The van der Waals surface area contributed by atoms with Crippen molar-refractivity contribution in [1.82, 2.24) is 10.6 Å². The van der Waals surface area contributed by atoms with Gasteiger partial charge in [-0.2, -0.15) is 0 Å². The highest BCUT2D eigenvalue weighted by molar-refractivity contribution is 5.74. The fraction of sp³-hybridized carbons (Fsp3) is 0.533. The molecular weight excluding hydrogens is 240 g/mol. The molecule has 1 aliphatic carbocycles. The maximum Gasteiger partial charge on any atom is 0.315 e. The number of hydrogen-bond donors (Lipinski definition) is 3. The first-order valence-electron chi connectivity index (χ1n) is 6.95. The Labute approximate surface area is 114 Å². The Morgan fingerprint density at radius 2 is 1.84 bits per heavy atom. The molecule has 19 heavy (non-hydrogen) atoms. The first-order chi connectivity index (χ1) is 9.24. The minimum Gasteiger partial charge on any atom is -0.394 e. The molecule has 3 N–H and O–H groups in total. The number of benzene rings is 1. The zero-order valence-corrected chi connectivity index (χ0v) is 11.2. The van der Waals surface area contributed by atoms with Gasteiger partial charge in [-0.05, 0) is 18.4 Å². The van der Waals surface area contributed by atoms with Gasteiger partial charge < -0.3 is 15.7 Å². The number of hydrogen-bond acceptors (Lipinski definition) is 2. The molecule has 1 fully saturated rings. The smallest absolute Gasteiger partial charge is 0.315 e. The normalized spacial score (nSPS) is 17.7. The number of nitrogens with one attached hydrogen (secondary N) is 2. The Balaban J connectivity index is 1.83. The topological polar surface area (TPSA) is 61.4 Å². The number of amides is 2. The number of carbonyl (C=O) groups is 1. The van der Waals surface area contributed by atoms with Crippen LogP contribution in [0.15, 0.2) is 30.3 Å². The molecule has 0 atom stereocenters. The molecule has 1 aromatic rings. The second kappa shape index (κ2) is 6.57. The first kappa shape index (κ1) is 13.9. The monoisotopic (exact) mass is 262 g/mol. The molecule has 1 aromatic carbocycles. The van der Waals surface area contributed by atoms with E-state index in [1.54, 1.807) is 0 Å². The third-order valence-electron chi connectivity index (χ3n) is 3.79. The van der Waals surface area contributed by atoms with Crippen molar-refractivity contribution in [3.05, 3.63) is 35.9 Å². The molecule has 4 nitrogen and oxygen atoms in total. The van der Waals surface area contributed by atoms with Crippen LogP contribution >= 0.6 is 0 Å². The third kappa shape index (κ3) is 3.96. The first-order valence-corrected chi connectivity index (χ1v) is 6.95. The SMILES string of the molecule is O=C(NCc1ccccc1)NC1(CO)CCCCC1. The van der Waals surface area contributed by atoms with Gasteiger partial charge in [-0.15, -0.1) is 0 Å². The predicted octanol–water partition coefficient (Wildman–Crippen LogP) is 2.18. The highest BCUT2D eigenvalue weighted by atomic mass is 16.3. The van der Waals surface area contributed by atoms with Crippen LogP contribution in [0.25, 0.3) is 0 Å². The van der Waals surface area contributed by atoms with Gasteiger partial charge in [0, 0.05) is 6.54 Å². The van der Waals surface area contributed by atoms with Gasteiger partial charge in [-0.25, -0.2) is 4.79 Å². The second-order valence-electron chi connectivity index (χ2n) is 5.29. The Morgan fingerprint density at radius 3 is 2.47 bits per heavy atom. The van der Waals surface area contributed by atoms with Crippen LogP contribution < -0.4 is 10.6 Å². The molecule has 0 bridgehead atoms. The molecule has 104 valence electrons. The van der Waals surface area contributed by atoms with Crippen LogP contribution in [0.3, 0.4) is 0 Å². The highest BCUT2D eigenvalue weighted by Gasteiger charge is 2.32. The minimum atomic E-state index is -0.418. The number of aliphatic hydroxyl groups is 1. The number of urea groups is 1. The molecule has 0 radical (unpaired) electrons. The molecule has 0 aromatic heterocycles. The summed E-state index contributed by atoms with van der Waals surface area (Å²) in [6, 6.07) is 9.61. The summed E-state index contributed by atoms with van der Waals surface area (Å²) in [6.45, 7) is 0.528. The van der Waals surface area contributed by atoms with Crippen molar-refractivity contribution in [2.24, 2.45) is 0 Å². The number of carbonyl (C=O) groups excluding carboxylic acids is 1. The molecule has 2 rings (SSSR count). The van der Waals surface area contributed by atoms with Gasteiger partial charge in [0.1, 0.15) is 0 Å². The van der Waals surface area contributed by atoms with Crippen molar-refractivity contribution in [1.29, 1.82) is 0 Å². The van der Waals surface area contributed by atoms with Crippen molar-refractivity contribution >= 4 is 6.03 Å². The Morgan fingerprint density at radius 1 is 1.16 bits per heavy atom. The fourth-order valence-corrected chi connectivity index (χ4v) is 2.61. The van der Waals surface area contributed by atoms with E-state index in [0.29, 0.717) is 6.54 Å². The fourth-order valence-electron chi connectivity index (χ4n) is 2.61. The summed E-state index contributed by atoms with van der Waals surface area (Å²) >= 11 is 0. The van der Waals surface area contributed by atoms with Crippen molar-refractivity contribution in [2.45, 2.75) is 44.2 Å². The van der Waals surface area contributed by atoms with Gasteiger partial charge in [0.2, 0.25) is 0 Å². The van der Waals surface area contributed by atoms with Crippen LogP contribution in [-0.2, 0) is 6.54 Å². The average molecular weight is 262 g/mol. The van der Waals surface area contributed by atoms with Gasteiger partial charge in [0.25, 0.3) is 0 Å². The summed E-state index contributed by atoms with van der Waals surface area (Å²) in [7, 11) is 0. The maximum atomic E-state index is 11.9. The zero-order valence-electron chi connectivity index (χ0n) is 11.2. The molecule has 1 aliphatic rings. The zero-order chi connectivity index (χ0) is 13.6. The summed E-state index contributed by atoms with van der Waals surface area (Å²) in [5, 5.41) is 15.3. The van der Waals surface area contributed by atoms with Crippen LogP contribution in [0.1, 0.15) is 37.7 Å². The minimum absolute atomic E-state index is 0.0196. The number of rotatable bonds is 4. The molecule has 0 unspecified atom stereocenters. The van der Waals surface area contributed by atoms with E-state index in [1.807, 2.05) is 30.3 Å². The summed E-state index contributed by atoms with van der Waals surface area (Å²) in [5.41, 5.74) is 0.651. The predicted molar refractivity (Wildman–Crippen MR) is 74.7 cm³/mol. The van der Waals surface area contributed by atoms with Crippen molar-refractivity contribution in [3.8, 4) is 0 Å². The third-order valence-corrected chi connectivity index (χ3v) is 3.79. The molecular formula is C15H22N2O2. The second-order valence-corrected chi connectivity index (χ2v) is 5.29. The van der Waals surface area contributed by atoms with Gasteiger partial charge in [-0.1, -0.05) is 49.6 Å². The standard InChI is InChI=1S/C15H22N2O2/c18-12-15(9-5-2-6-10-15)17-14(19)16-11-13-7-3-1-4-8-13/h1,3-4,7-8,18H,2,5-6,9-12H2,(H2,16,17,19). The van der Waals surface area contributed by atoms with E-state index in [9.17, 15) is 9.90 Å². The lowest BCUT2D eigenvalue weighted by atomic mass is 9.82. The van der Waals surface area contributed by atoms with Crippen molar-refractivity contribution < 1.29 is 9.90 Å². The Kier molecular flexibility index (Phi) is 4.80. The molecule has 4 heteroatoms. The van der Waals surface area contributed by atoms with Gasteiger partial charge in [0.15, 0.2) is 0 Å². The van der Waals surface area contributed by atoms with Gasteiger partial charge in [0.05, 0.1) is 12.1 Å². The van der Waals surface area contributed by atoms with E-state index in [4.69, 9.17) is 0 Å². The van der Waals surface area contributed by atoms with Crippen molar-refractivity contribution in [3.63, 3.8) is 0 Å². The molecule has 0 spiro atoms. The highest BCUT2D eigenvalue weighted by Crippen LogP contribution is 2.27. The molecule has 1 saturated carbocycles. The molecule has 0 heterocycles. The van der Waals surface area contributed by atoms with E-state index in [1.165, 1.54) is 6.42 Å². The Bertz CT molecular complexity index is 400. The quantitative estimate of drug-likeness (QED) is 0.779. The maximum absolute atomic E-state index is 11.9. The van der Waals surface area contributed by atoms with Crippen LogP contribution in [0.2, 0.25) is 0 Å².